The summed E-state index contributed by atoms with van der Waals surface area (Å²) in [5, 5.41) is 0. The SMILES string of the molecule is CO[C@H]1OCC[C@H]1CSc1ccccc1. The maximum atomic E-state index is 5.47. The van der Waals surface area contributed by atoms with Crippen LogP contribution in [0.5, 0.6) is 0 Å². The van der Waals surface area contributed by atoms with E-state index in [4.69, 9.17) is 9.47 Å². The van der Waals surface area contributed by atoms with Gasteiger partial charge in [-0.15, -0.1) is 11.8 Å². The summed E-state index contributed by atoms with van der Waals surface area (Å²) in [6.07, 6.45) is 1.11. The van der Waals surface area contributed by atoms with E-state index in [9.17, 15) is 0 Å². The second-order valence-electron chi connectivity index (χ2n) is 3.65. The molecular formula is C12H16O2S. The third kappa shape index (κ3) is 2.97. The molecule has 0 saturated carbocycles. The van der Waals surface area contributed by atoms with Crippen LogP contribution in [0.3, 0.4) is 0 Å². The van der Waals surface area contributed by atoms with E-state index >= 15 is 0 Å². The third-order valence-corrected chi connectivity index (χ3v) is 3.80. The average molecular weight is 224 g/mol. The van der Waals surface area contributed by atoms with Crippen LogP contribution in [0.25, 0.3) is 0 Å². The fourth-order valence-electron chi connectivity index (χ4n) is 1.75. The third-order valence-electron chi connectivity index (χ3n) is 2.60. The number of rotatable bonds is 4. The first-order chi connectivity index (χ1) is 7.40. The van der Waals surface area contributed by atoms with Gasteiger partial charge in [0.25, 0.3) is 0 Å². The number of thioether (sulfide) groups is 1. The second kappa shape index (κ2) is 5.54. The Kier molecular flexibility index (Phi) is 4.06. The summed E-state index contributed by atoms with van der Waals surface area (Å²) in [4.78, 5) is 1.32. The monoisotopic (exact) mass is 224 g/mol. The van der Waals surface area contributed by atoms with Crippen molar-refractivity contribution >= 4 is 11.8 Å². The molecule has 1 aromatic carbocycles. The van der Waals surface area contributed by atoms with E-state index in [1.807, 2.05) is 17.8 Å². The van der Waals surface area contributed by atoms with Crippen LogP contribution in [0.15, 0.2) is 35.2 Å². The van der Waals surface area contributed by atoms with Crippen molar-refractivity contribution < 1.29 is 9.47 Å². The molecular weight excluding hydrogens is 208 g/mol. The van der Waals surface area contributed by atoms with E-state index in [2.05, 4.69) is 24.3 Å². The van der Waals surface area contributed by atoms with Gasteiger partial charge in [-0.2, -0.15) is 0 Å². The van der Waals surface area contributed by atoms with Gasteiger partial charge in [-0.1, -0.05) is 18.2 Å². The molecule has 0 aromatic heterocycles. The topological polar surface area (TPSA) is 18.5 Å². The molecule has 1 aromatic rings. The summed E-state index contributed by atoms with van der Waals surface area (Å²) in [5.74, 6) is 1.60. The highest BCUT2D eigenvalue weighted by Crippen LogP contribution is 2.28. The lowest BCUT2D eigenvalue weighted by molar-refractivity contribution is -0.106. The largest absolute Gasteiger partial charge is 0.356 e. The van der Waals surface area contributed by atoms with Crippen LogP contribution >= 0.6 is 11.8 Å². The molecule has 15 heavy (non-hydrogen) atoms. The van der Waals surface area contributed by atoms with Crippen molar-refractivity contribution in [1.29, 1.82) is 0 Å². The summed E-state index contributed by atoms with van der Waals surface area (Å²) < 4.78 is 10.7. The van der Waals surface area contributed by atoms with Gasteiger partial charge in [0.15, 0.2) is 6.29 Å². The van der Waals surface area contributed by atoms with Gasteiger partial charge in [0.05, 0.1) is 6.61 Å². The van der Waals surface area contributed by atoms with Crippen molar-refractivity contribution in [2.24, 2.45) is 5.92 Å². The zero-order valence-corrected chi connectivity index (χ0v) is 9.70. The maximum Gasteiger partial charge on any atom is 0.160 e. The van der Waals surface area contributed by atoms with E-state index in [0.29, 0.717) is 5.92 Å². The van der Waals surface area contributed by atoms with Crippen LogP contribution < -0.4 is 0 Å². The van der Waals surface area contributed by atoms with Gasteiger partial charge in [0.2, 0.25) is 0 Å². The van der Waals surface area contributed by atoms with Crippen molar-refractivity contribution in [3.63, 3.8) is 0 Å². The Balaban J connectivity index is 1.83. The van der Waals surface area contributed by atoms with Crippen LogP contribution in [0.2, 0.25) is 0 Å². The second-order valence-corrected chi connectivity index (χ2v) is 4.74. The Bertz CT molecular complexity index is 289. The van der Waals surface area contributed by atoms with E-state index in [0.717, 1.165) is 18.8 Å². The molecule has 1 aliphatic heterocycles. The molecule has 2 atom stereocenters. The summed E-state index contributed by atoms with van der Waals surface area (Å²) in [5.41, 5.74) is 0. The van der Waals surface area contributed by atoms with Crippen LogP contribution in [0.4, 0.5) is 0 Å². The Morgan fingerprint density at radius 1 is 1.40 bits per heavy atom. The molecule has 0 aliphatic carbocycles. The van der Waals surface area contributed by atoms with Crippen molar-refractivity contribution in [2.75, 3.05) is 19.5 Å². The summed E-state index contributed by atoms with van der Waals surface area (Å²) >= 11 is 1.88. The van der Waals surface area contributed by atoms with Crippen LogP contribution in [0.1, 0.15) is 6.42 Å². The highest BCUT2D eigenvalue weighted by atomic mass is 32.2. The smallest absolute Gasteiger partial charge is 0.160 e. The summed E-state index contributed by atoms with van der Waals surface area (Å²) in [6, 6.07) is 10.5. The van der Waals surface area contributed by atoms with Crippen molar-refractivity contribution in [3.8, 4) is 0 Å². The lowest BCUT2D eigenvalue weighted by atomic mass is 10.1. The molecule has 0 spiro atoms. The first-order valence-corrected chi connectivity index (χ1v) is 6.21. The van der Waals surface area contributed by atoms with E-state index < -0.39 is 0 Å². The van der Waals surface area contributed by atoms with E-state index in [1.54, 1.807) is 7.11 Å². The molecule has 2 rings (SSSR count). The molecule has 3 heteroatoms. The Morgan fingerprint density at radius 3 is 2.93 bits per heavy atom. The zero-order chi connectivity index (χ0) is 10.5. The minimum absolute atomic E-state index is 0.00112. The number of methoxy groups -OCH3 is 1. The van der Waals surface area contributed by atoms with Gasteiger partial charge in [-0.25, -0.2) is 0 Å². The van der Waals surface area contributed by atoms with Gasteiger partial charge < -0.3 is 9.47 Å². The van der Waals surface area contributed by atoms with Crippen molar-refractivity contribution in [3.05, 3.63) is 30.3 Å². The predicted octanol–water partition coefficient (Wildman–Crippen LogP) is 2.79. The number of benzene rings is 1. The first-order valence-electron chi connectivity index (χ1n) is 5.22. The minimum Gasteiger partial charge on any atom is -0.356 e. The first kappa shape index (κ1) is 11.0. The highest BCUT2D eigenvalue weighted by Gasteiger charge is 2.27. The van der Waals surface area contributed by atoms with Gasteiger partial charge >= 0.3 is 0 Å². The molecule has 0 amide bonds. The Hall–Kier alpha value is -0.510. The van der Waals surface area contributed by atoms with Crippen LogP contribution in [0, 0.1) is 5.92 Å². The number of hydrogen-bond acceptors (Lipinski definition) is 3. The lowest BCUT2D eigenvalue weighted by Crippen LogP contribution is -2.19. The summed E-state index contributed by atoms with van der Waals surface area (Å²) in [6.45, 7) is 0.832. The molecule has 1 saturated heterocycles. The quantitative estimate of drug-likeness (QED) is 0.733. The molecule has 1 fully saturated rings. The molecule has 0 N–H and O–H groups in total. The molecule has 0 unspecified atom stereocenters. The normalized spacial score (nSPS) is 25.7. The van der Waals surface area contributed by atoms with Gasteiger partial charge in [0, 0.05) is 23.7 Å². The predicted molar refractivity (Wildman–Crippen MR) is 62.0 cm³/mol. The fourth-order valence-corrected chi connectivity index (χ4v) is 2.83. The van der Waals surface area contributed by atoms with Gasteiger partial charge in [-0.3, -0.25) is 0 Å². The number of ether oxygens (including phenoxy) is 2. The average Bonchev–Trinajstić information content (AvgIpc) is 2.75. The van der Waals surface area contributed by atoms with Crippen LogP contribution in [-0.4, -0.2) is 25.8 Å². The molecule has 1 heterocycles. The van der Waals surface area contributed by atoms with Gasteiger partial charge in [0.1, 0.15) is 0 Å². The van der Waals surface area contributed by atoms with Crippen molar-refractivity contribution in [1.82, 2.24) is 0 Å². The molecule has 82 valence electrons. The van der Waals surface area contributed by atoms with Crippen molar-refractivity contribution in [2.45, 2.75) is 17.6 Å². The van der Waals surface area contributed by atoms with E-state index in [1.165, 1.54) is 4.90 Å². The molecule has 2 nitrogen and oxygen atoms in total. The standard InChI is InChI=1S/C12H16O2S/c1-13-12-10(7-8-14-12)9-15-11-5-3-2-4-6-11/h2-6,10,12H,7-9H2,1H3/t10-,12-/m0/s1. The van der Waals surface area contributed by atoms with Crippen LogP contribution in [-0.2, 0) is 9.47 Å². The highest BCUT2D eigenvalue weighted by molar-refractivity contribution is 7.99. The van der Waals surface area contributed by atoms with E-state index in [-0.39, 0.29) is 6.29 Å². The molecule has 0 radical (unpaired) electrons. The minimum atomic E-state index is 0.00112. The Morgan fingerprint density at radius 2 is 2.20 bits per heavy atom. The lowest BCUT2D eigenvalue weighted by Gasteiger charge is -2.15. The maximum absolute atomic E-state index is 5.47. The summed E-state index contributed by atoms with van der Waals surface area (Å²) in [7, 11) is 1.72. The Labute approximate surface area is 95.0 Å². The number of hydrogen-bond donors (Lipinski definition) is 0. The molecule has 0 bridgehead atoms. The fraction of sp³-hybridized carbons (Fsp3) is 0.500. The zero-order valence-electron chi connectivity index (χ0n) is 8.89. The molecule has 1 aliphatic rings. The van der Waals surface area contributed by atoms with Gasteiger partial charge in [-0.05, 0) is 18.6 Å².